The van der Waals surface area contributed by atoms with Crippen LogP contribution in [0.4, 0.5) is 4.79 Å². The fourth-order valence-electron chi connectivity index (χ4n) is 2.08. The van der Waals surface area contributed by atoms with Crippen molar-refractivity contribution in [2.24, 2.45) is 5.11 Å². The van der Waals surface area contributed by atoms with E-state index < -0.39 is 11.7 Å². The molecule has 0 radical (unpaired) electrons. The third kappa shape index (κ3) is 10.2. The summed E-state index contributed by atoms with van der Waals surface area (Å²) >= 11 is 0. The van der Waals surface area contributed by atoms with Crippen molar-refractivity contribution in [1.82, 2.24) is 25.2 Å². The van der Waals surface area contributed by atoms with Crippen LogP contribution in [-0.4, -0.2) is 58.3 Å². The zero-order valence-electron chi connectivity index (χ0n) is 15.5. The van der Waals surface area contributed by atoms with Gasteiger partial charge in [0, 0.05) is 37.3 Å². The summed E-state index contributed by atoms with van der Waals surface area (Å²) in [5.41, 5.74) is 8.62. The molecule has 0 saturated carbocycles. The van der Waals surface area contributed by atoms with Gasteiger partial charge < -0.3 is 15.0 Å². The Morgan fingerprint density at radius 3 is 2.92 bits per heavy atom. The Morgan fingerprint density at radius 1 is 1.48 bits per heavy atom. The van der Waals surface area contributed by atoms with E-state index in [1.165, 1.54) is 0 Å². The van der Waals surface area contributed by atoms with E-state index >= 15 is 0 Å². The van der Waals surface area contributed by atoms with E-state index in [0.717, 1.165) is 25.1 Å². The summed E-state index contributed by atoms with van der Waals surface area (Å²) in [7, 11) is 1.99. The molecule has 0 unspecified atom stereocenters. The van der Waals surface area contributed by atoms with Gasteiger partial charge in [0.2, 0.25) is 0 Å². The first-order valence-electron chi connectivity index (χ1n) is 8.35. The van der Waals surface area contributed by atoms with Gasteiger partial charge in [-0.25, -0.2) is 4.79 Å². The molecule has 25 heavy (non-hydrogen) atoms. The Morgan fingerprint density at radius 2 is 2.24 bits per heavy atom. The maximum Gasteiger partial charge on any atom is 0.407 e. The zero-order chi connectivity index (χ0) is 18.7. The Balaban J connectivity index is 2.22. The molecule has 0 saturated heterocycles. The normalized spacial score (nSPS) is 11.2. The van der Waals surface area contributed by atoms with Gasteiger partial charge in [-0.1, -0.05) is 10.3 Å². The van der Waals surface area contributed by atoms with Gasteiger partial charge in [0.25, 0.3) is 0 Å². The van der Waals surface area contributed by atoms with Gasteiger partial charge in [-0.2, -0.15) is 0 Å². The van der Waals surface area contributed by atoms with E-state index in [1.807, 2.05) is 34.0 Å². The van der Waals surface area contributed by atoms with Gasteiger partial charge in [-0.15, -0.1) is 5.10 Å². The smallest absolute Gasteiger partial charge is 0.407 e. The molecule has 1 aromatic heterocycles. The van der Waals surface area contributed by atoms with Crippen LogP contribution in [0.2, 0.25) is 0 Å². The van der Waals surface area contributed by atoms with Gasteiger partial charge in [0.15, 0.2) is 0 Å². The number of aromatic nitrogens is 3. The minimum atomic E-state index is -0.488. The van der Waals surface area contributed by atoms with E-state index in [1.54, 1.807) is 4.68 Å². The fraction of sp³-hybridized carbons (Fsp3) is 0.800. The number of aryl methyl sites for hydroxylation is 1. The summed E-state index contributed by atoms with van der Waals surface area (Å²) in [6.07, 6.45) is 3.04. The summed E-state index contributed by atoms with van der Waals surface area (Å²) in [5, 5.41) is 14.5. The summed E-state index contributed by atoms with van der Waals surface area (Å²) in [5.74, 6) is 0. The van der Waals surface area contributed by atoms with Gasteiger partial charge >= 0.3 is 6.09 Å². The monoisotopic (exact) mass is 352 g/mol. The van der Waals surface area contributed by atoms with Gasteiger partial charge in [0.05, 0.1) is 5.69 Å². The summed E-state index contributed by atoms with van der Waals surface area (Å²) in [6, 6.07) is 0. The molecular formula is C15H28N8O2. The van der Waals surface area contributed by atoms with Crippen molar-refractivity contribution in [3.63, 3.8) is 0 Å². The molecule has 0 aromatic carbocycles. The predicted octanol–water partition coefficient (Wildman–Crippen LogP) is 2.33. The minimum Gasteiger partial charge on any atom is -0.444 e. The number of rotatable bonds is 10. The maximum absolute atomic E-state index is 11.5. The predicted molar refractivity (Wildman–Crippen MR) is 93.8 cm³/mol. The van der Waals surface area contributed by atoms with Crippen LogP contribution in [0.1, 0.15) is 39.3 Å². The van der Waals surface area contributed by atoms with Gasteiger partial charge in [-0.05, 0) is 52.7 Å². The lowest BCUT2D eigenvalue weighted by Crippen LogP contribution is -2.33. The van der Waals surface area contributed by atoms with E-state index in [2.05, 4.69) is 30.6 Å². The number of carbonyl (C=O) groups excluding carboxylic acids is 1. The van der Waals surface area contributed by atoms with Crippen molar-refractivity contribution in [3.05, 3.63) is 22.3 Å². The highest BCUT2D eigenvalue weighted by Gasteiger charge is 2.15. The fourth-order valence-corrected chi connectivity index (χ4v) is 2.08. The molecule has 0 aliphatic carbocycles. The van der Waals surface area contributed by atoms with Crippen molar-refractivity contribution in [2.75, 3.05) is 26.7 Å². The number of ether oxygens (including phenoxy) is 1. The molecule has 0 atom stereocenters. The average Bonchev–Trinajstić information content (AvgIpc) is 2.94. The van der Waals surface area contributed by atoms with Crippen molar-refractivity contribution in [2.45, 2.75) is 52.3 Å². The molecule has 1 heterocycles. The number of amides is 1. The molecule has 0 aliphatic rings. The van der Waals surface area contributed by atoms with Crippen LogP contribution >= 0.6 is 0 Å². The van der Waals surface area contributed by atoms with Crippen LogP contribution in [0.25, 0.3) is 10.4 Å². The van der Waals surface area contributed by atoms with Crippen LogP contribution in [0.15, 0.2) is 11.3 Å². The summed E-state index contributed by atoms with van der Waals surface area (Å²) in [4.78, 5) is 16.4. The largest absolute Gasteiger partial charge is 0.444 e. The second-order valence-electron chi connectivity index (χ2n) is 6.80. The molecule has 0 spiro atoms. The molecule has 0 bridgehead atoms. The van der Waals surface area contributed by atoms with E-state index in [0.29, 0.717) is 26.2 Å². The standard InChI is InChI=1S/C15H28N8O2/c1-15(2,3)25-14(24)17-7-5-10-23-12-13(19-21-23)11-22(4)9-6-8-18-20-16/h12H,5-11H2,1-4H3,(H,17,24). The summed E-state index contributed by atoms with van der Waals surface area (Å²) in [6.45, 7) is 8.69. The number of nitrogens with one attached hydrogen (secondary N) is 1. The van der Waals surface area contributed by atoms with Crippen LogP contribution in [0.5, 0.6) is 0 Å². The Hall–Kier alpha value is -2.32. The second kappa shape index (κ2) is 10.5. The lowest BCUT2D eigenvalue weighted by atomic mass is 10.2. The van der Waals surface area contributed by atoms with Crippen molar-refractivity contribution >= 4 is 6.09 Å². The molecule has 1 rings (SSSR count). The van der Waals surface area contributed by atoms with Crippen LogP contribution in [-0.2, 0) is 17.8 Å². The third-order valence-electron chi connectivity index (χ3n) is 3.11. The van der Waals surface area contributed by atoms with E-state index in [9.17, 15) is 4.79 Å². The molecule has 0 aliphatic heterocycles. The Labute approximate surface area is 148 Å². The molecular weight excluding hydrogens is 324 g/mol. The van der Waals surface area contributed by atoms with E-state index in [4.69, 9.17) is 10.3 Å². The van der Waals surface area contributed by atoms with Crippen molar-refractivity contribution < 1.29 is 9.53 Å². The van der Waals surface area contributed by atoms with Crippen molar-refractivity contribution in [1.29, 1.82) is 0 Å². The first-order valence-corrected chi connectivity index (χ1v) is 8.35. The van der Waals surface area contributed by atoms with Gasteiger partial charge in [0.1, 0.15) is 5.60 Å². The SMILES string of the molecule is CN(CCCN=[N+]=[N-])Cc1cn(CCCNC(=O)OC(C)(C)C)nn1. The quantitative estimate of drug-likeness (QED) is 0.300. The molecule has 1 N–H and O–H groups in total. The number of nitrogens with zero attached hydrogens (tertiary/aromatic N) is 7. The van der Waals surface area contributed by atoms with Crippen molar-refractivity contribution in [3.8, 4) is 0 Å². The molecule has 140 valence electrons. The molecule has 10 heteroatoms. The number of carbonyl (C=O) groups is 1. The highest BCUT2D eigenvalue weighted by atomic mass is 16.6. The lowest BCUT2D eigenvalue weighted by molar-refractivity contribution is 0.0526. The maximum atomic E-state index is 11.5. The first kappa shape index (κ1) is 20.7. The number of hydrogen-bond acceptors (Lipinski definition) is 6. The number of alkyl carbamates (subject to hydrolysis) is 1. The minimum absolute atomic E-state index is 0.408. The Kier molecular flexibility index (Phi) is 8.73. The molecule has 0 fully saturated rings. The first-order chi connectivity index (χ1) is 11.8. The number of azide groups is 1. The number of hydrogen-bond donors (Lipinski definition) is 1. The molecule has 1 aromatic rings. The summed E-state index contributed by atoms with van der Waals surface area (Å²) < 4.78 is 6.93. The zero-order valence-corrected chi connectivity index (χ0v) is 15.5. The van der Waals surface area contributed by atoms with Gasteiger partial charge in [-0.3, -0.25) is 4.68 Å². The Bertz CT molecular complexity index is 574. The molecule has 10 nitrogen and oxygen atoms in total. The lowest BCUT2D eigenvalue weighted by Gasteiger charge is -2.19. The highest BCUT2D eigenvalue weighted by Crippen LogP contribution is 2.06. The topological polar surface area (TPSA) is 121 Å². The average molecular weight is 352 g/mol. The van der Waals surface area contributed by atoms with E-state index in [-0.39, 0.29) is 0 Å². The van der Waals surface area contributed by atoms with Crippen LogP contribution in [0, 0.1) is 0 Å². The highest BCUT2D eigenvalue weighted by molar-refractivity contribution is 5.67. The van der Waals surface area contributed by atoms with Crippen LogP contribution < -0.4 is 5.32 Å². The van der Waals surface area contributed by atoms with Crippen LogP contribution in [0.3, 0.4) is 0 Å². The molecule has 1 amide bonds. The second-order valence-corrected chi connectivity index (χ2v) is 6.80. The third-order valence-corrected chi connectivity index (χ3v) is 3.11.